The topological polar surface area (TPSA) is 68.8 Å². The number of rotatable bonds is 3. The van der Waals surface area contributed by atoms with Crippen molar-refractivity contribution in [2.45, 2.75) is 0 Å². The van der Waals surface area contributed by atoms with Crippen LogP contribution in [-0.2, 0) is 7.05 Å². The Morgan fingerprint density at radius 1 is 1.47 bits per heavy atom. The van der Waals surface area contributed by atoms with Crippen molar-refractivity contribution < 1.29 is 0 Å². The maximum Gasteiger partial charge on any atom is 0.238 e. The molecule has 15 heavy (non-hydrogen) atoms. The molecule has 0 fully saturated rings. The molecule has 3 N–H and O–H groups in total. The Balaban J connectivity index is 2.21. The molecule has 0 bridgehead atoms. The molecule has 0 unspecified atom stereocenters. The van der Waals surface area contributed by atoms with Gasteiger partial charge in [0.2, 0.25) is 5.95 Å². The monoisotopic (exact) mass is 221 g/mol. The molecule has 0 aliphatic rings. The molecule has 0 spiro atoms. The van der Waals surface area contributed by atoms with Crippen LogP contribution >= 0.6 is 11.3 Å². The summed E-state index contributed by atoms with van der Waals surface area (Å²) in [5.41, 5.74) is 2.47. The number of hydrazine groups is 1. The fraction of sp³-hybridized carbons (Fsp3) is 0.111. The first-order valence-electron chi connectivity index (χ1n) is 4.39. The number of hydrogen-bond donors (Lipinski definition) is 2. The summed E-state index contributed by atoms with van der Waals surface area (Å²) in [7, 11) is 1.85. The van der Waals surface area contributed by atoms with Crippen LogP contribution in [0, 0.1) is 0 Å². The van der Waals surface area contributed by atoms with Gasteiger partial charge in [0, 0.05) is 11.9 Å². The first-order valence-corrected chi connectivity index (χ1v) is 5.27. The van der Waals surface area contributed by atoms with Gasteiger partial charge in [-0.15, -0.1) is 21.5 Å². The number of nitrogens with two attached hydrogens (primary N) is 1. The number of nitrogens with zero attached hydrogens (tertiary/aromatic N) is 3. The Morgan fingerprint density at radius 3 is 2.93 bits per heavy atom. The average Bonchev–Trinajstić information content (AvgIpc) is 2.85. The second kappa shape index (κ2) is 4.24. The van der Waals surface area contributed by atoms with Crippen LogP contribution in [0.2, 0.25) is 0 Å². The van der Waals surface area contributed by atoms with Crippen molar-refractivity contribution in [1.29, 1.82) is 0 Å². The molecule has 78 valence electrons. The number of aromatic nitrogens is 3. The third-order valence-corrected chi connectivity index (χ3v) is 2.82. The van der Waals surface area contributed by atoms with E-state index in [1.54, 1.807) is 15.9 Å². The standard InChI is InChI=1S/C9H11N5S/c1-14-8(12-13-9(14)11-10)5-4-7-3-2-6-15-7/h2-6H,10H2,1H3,(H,11,13)/b5-4+. The molecule has 5 nitrogen and oxygen atoms in total. The van der Waals surface area contributed by atoms with Crippen LogP contribution in [0.4, 0.5) is 5.95 Å². The zero-order valence-corrected chi connectivity index (χ0v) is 9.03. The van der Waals surface area contributed by atoms with Gasteiger partial charge in [0.15, 0.2) is 5.82 Å². The maximum absolute atomic E-state index is 5.26. The van der Waals surface area contributed by atoms with Gasteiger partial charge < -0.3 is 0 Å². The van der Waals surface area contributed by atoms with Gasteiger partial charge in [0.05, 0.1) is 0 Å². The molecule has 2 aromatic heterocycles. The predicted octanol–water partition coefficient (Wildman–Crippen LogP) is 1.33. The first kappa shape index (κ1) is 9.88. The summed E-state index contributed by atoms with van der Waals surface area (Å²) in [6.45, 7) is 0. The molecule has 0 atom stereocenters. The highest BCUT2D eigenvalue weighted by Gasteiger charge is 2.02. The van der Waals surface area contributed by atoms with E-state index in [1.165, 1.54) is 4.88 Å². The van der Waals surface area contributed by atoms with Crippen LogP contribution in [0.1, 0.15) is 10.7 Å². The van der Waals surface area contributed by atoms with E-state index >= 15 is 0 Å². The quantitative estimate of drug-likeness (QED) is 0.606. The Morgan fingerprint density at radius 2 is 2.33 bits per heavy atom. The number of thiophene rings is 1. The molecule has 0 saturated heterocycles. The van der Waals surface area contributed by atoms with Crippen molar-refractivity contribution >= 4 is 29.4 Å². The Hall–Kier alpha value is -1.66. The lowest BCUT2D eigenvalue weighted by Gasteiger charge is -1.98. The summed E-state index contributed by atoms with van der Waals surface area (Å²) in [5, 5.41) is 9.87. The van der Waals surface area contributed by atoms with Gasteiger partial charge >= 0.3 is 0 Å². The highest BCUT2D eigenvalue weighted by molar-refractivity contribution is 7.10. The molecule has 0 aromatic carbocycles. The fourth-order valence-corrected chi connectivity index (χ4v) is 1.77. The van der Waals surface area contributed by atoms with Crippen molar-refractivity contribution in [3.8, 4) is 0 Å². The number of anilines is 1. The fourth-order valence-electron chi connectivity index (χ4n) is 1.15. The van der Waals surface area contributed by atoms with Gasteiger partial charge in [-0.3, -0.25) is 9.99 Å². The lowest BCUT2D eigenvalue weighted by molar-refractivity contribution is 0.895. The van der Waals surface area contributed by atoms with Crippen molar-refractivity contribution in [2.75, 3.05) is 5.43 Å². The minimum Gasteiger partial charge on any atom is -0.296 e. The summed E-state index contributed by atoms with van der Waals surface area (Å²) in [4.78, 5) is 1.18. The highest BCUT2D eigenvalue weighted by Crippen LogP contribution is 2.13. The predicted molar refractivity (Wildman–Crippen MR) is 62.1 cm³/mol. The second-order valence-corrected chi connectivity index (χ2v) is 3.91. The highest BCUT2D eigenvalue weighted by atomic mass is 32.1. The van der Waals surface area contributed by atoms with Crippen LogP contribution in [0.5, 0.6) is 0 Å². The largest absolute Gasteiger partial charge is 0.296 e. The van der Waals surface area contributed by atoms with Crippen LogP contribution in [0.15, 0.2) is 17.5 Å². The van der Waals surface area contributed by atoms with E-state index in [0.717, 1.165) is 5.82 Å². The SMILES string of the molecule is Cn1c(/C=C/c2cccs2)nnc1NN. The van der Waals surface area contributed by atoms with Crippen molar-refractivity contribution in [1.82, 2.24) is 14.8 Å². The van der Waals surface area contributed by atoms with Crippen molar-refractivity contribution in [2.24, 2.45) is 12.9 Å². The first-order chi connectivity index (χ1) is 7.31. The van der Waals surface area contributed by atoms with E-state index in [0.29, 0.717) is 5.95 Å². The molecule has 0 aliphatic carbocycles. The molecule has 0 aliphatic heterocycles. The maximum atomic E-state index is 5.26. The third kappa shape index (κ3) is 2.05. The lowest BCUT2D eigenvalue weighted by Crippen LogP contribution is -2.11. The van der Waals surface area contributed by atoms with Crippen LogP contribution < -0.4 is 11.3 Å². The zero-order chi connectivity index (χ0) is 10.7. The zero-order valence-electron chi connectivity index (χ0n) is 8.21. The van der Waals surface area contributed by atoms with Crippen LogP contribution in [0.3, 0.4) is 0 Å². The normalized spacial score (nSPS) is 11.1. The summed E-state index contributed by atoms with van der Waals surface area (Å²) >= 11 is 1.68. The molecule has 2 aromatic rings. The van der Waals surface area contributed by atoms with E-state index in [1.807, 2.05) is 36.7 Å². The molecule has 0 amide bonds. The Bertz CT molecular complexity index is 457. The second-order valence-electron chi connectivity index (χ2n) is 2.93. The minimum atomic E-state index is 0.542. The summed E-state index contributed by atoms with van der Waals surface area (Å²) in [6, 6.07) is 4.05. The summed E-state index contributed by atoms with van der Waals surface area (Å²) in [6.07, 6.45) is 3.90. The molecule has 2 rings (SSSR count). The van der Waals surface area contributed by atoms with Gasteiger partial charge in [-0.2, -0.15) is 0 Å². The van der Waals surface area contributed by atoms with Gasteiger partial charge in [-0.05, 0) is 23.6 Å². The van der Waals surface area contributed by atoms with Gasteiger partial charge in [0.25, 0.3) is 0 Å². The summed E-state index contributed by atoms with van der Waals surface area (Å²) in [5.74, 6) is 6.56. The van der Waals surface area contributed by atoms with E-state index in [9.17, 15) is 0 Å². The Kier molecular flexibility index (Phi) is 2.79. The molecular weight excluding hydrogens is 210 g/mol. The average molecular weight is 221 g/mol. The van der Waals surface area contributed by atoms with Gasteiger partial charge in [-0.25, -0.2) is 5.84 Å². The molecule has 2 heterocycles. The van der Waals surface area contributed by atoms with Gasteiger partial charge in [0.1, 0.15) is 0 Å². The molecule has 0 saturated carbocycles. The molecule has 0 radical (unpaired) electrons. The van der Waals surface area contributed by atoms with Crippen molar-refractivity contribution in [3.05, 3.63) is 28.2 Å². The smallest absolute Gasteiger partial charge is 0.238 e. The van der Waals surface area contributed by atoms with Crippen LogP contribution in [0.25, 0.3) is 12.2 Å². The third-order valence-electron chi connectivity index (χ3n) is 1.98. The number of nitrogens with one attached hydrogen (secondary N) is 1. The number of hydrogen-bond acceptors (Lipinski definition) is 5. The van der Waals surface area contributed by atoms with Gasteiger partial charge in [-0.1, -0.05) is 6.07 Å². The van der Waals surface area contributed by atoms with E-state index in [-0.39, 0.29) is 0 Å². The Labute approximate surface area is 91.2 Å². The van der Waals surface area contributed by atoms with E-state index in [2.05, 4.69) is 15.6 Å². The summed E-state index contributed by atoms with van der Waals surface area (Å²) < 4.78 is 1.78. The van der Waals surface area contributed by atoms with Crippen LogP contribution in [-0.4, -0.2) is 14.8 Å². The lowest BCUT2D eigenvalue weighted by atomic mass is 10.4. The van der Waals surface area contributed by atoms with E-state index < -0.39 is 0 Å². The molecule has 6 heteroatoms. The van der Waals surface area contributed by atoms with Crippen molar-refractivity contribution in [3.63, 3.8) is 0 Å². The van der Waals surface area contributed by atoms with E-state index in [4.69, 9.17) is 5.84 Å². The minimum absolute atomic E-state index is 0.542. The molecular formula is C9H11N5S. The number of nitrogen functional groups attached to an aromatic ring is 1.